The Balaban J connectivity index is 0.000000257. The molecule has 0 spiro atoms. The van der Waals surface area contributed by atoms with E-state index in [9.17, 15) is 5.11 Å². The molecule has 1 aromatic carbocycles. The molecule has 0 saturated carbocycles. The summed E-state index contributed by atoms with van der Waals surface area (Å²) in [4.78, 5) is 0. The highest BCUT2D eigenvalue weighted by Gasteiger charge is 2.06. The van der Waals surface area contributed by atoms with E-state index in [1.807, 2.05) is 53.2 Å². The maximum absolute atomic E-state index is 9.72. The number of nitrogens with zero attached hydrogens (tertiary/aromatic N) is 1. The lowest BCUT2D eigenvalue weighted by atomic mass is 10.1. The summed E-state index contributed by atoms with van der Waals surface area (Å²) in [5, 5.41) is 11.7. The van der Waals surface area contributed by atoms with Gasteiger partial charge in [-0.3, -0.25) is 0 Å². The first kappa shape index (κ1) is 14.4. The highest BCUT2D eigenvalue weighted by Crippen LogP contribution is 2.23. The van der Waals surface area contributed by atoms with E-state index in [2.05, 4.69) is 0 Å². The van der Waals surface area contributed by atoms with E-state index in [0.29, 0.717) is 5.75 Å². The van der Waals surface area contributed by atoms with Crippen molar-refractivity contribution in [3.8, 4) is 5.75 Å². The number of rotatable bonds is 0. The van der Waals surface area contributed by atoms with Gasteiger partial charge in [0.2, 0.25) is 5.52 Å². The number of phenolic OH excluding ortho intramolecular Hbond substituents is 1. The Bertz CT molecular complexity index is 735. The van der Waals surface area contributed by atoms with Crippen molar-refractivity contribution in [2.24, 2.45) is 0 Å². The number of hydrogen-bond acceptors (Lipinski definition) is 5. The molecule has 0 fully saturated rings. The molecule has 6 nitrogen and oxygen atoms in total. The van der Waals surface area contributed by atoms with Crippen molar-refractivity contribution in [2.45, 2.75) is 0 Å². The molecule has 2 aromatic heterocycles. The van der Waals surface area contributed by atoms with Crippen molar-refractivity contribution in [2.75, 3.05) is 0 Å². The van der Waals surface area contributed by atoms with E-state index >= 15 is 0 Å². The van der Waals surface area contributed by atoms with Crippen LogP contribution in [0, 0.1) is 10.2 Å². The number of fused-ring (bicyclic) bond motifs is 2. The third kappa shape index (κ3) is 3.77. The quantitative estimate of drug-likeness (QED) is 0.364. The maximum Gasteiger partial charge on any atom is 0.211 e. The van der Waals surface area contributed by atoms with E-state index in [-0.39, 0.29) is 0 Å². The second-order valence-electron chi connectivity index (χ2n) is 3.96. The van der Waals surface area contributed by atoms with Crippen LogP contribution in [0.4, 0.5) is 0 Å². The highest BCUT2D eigenvalue weighted by molar-refractivity contribution is 5.88. The summed E-state index contributed by atoms with van der Waals surface area (Å²) in [6, 6.07) is 13.5. The van der Waals surface area contributed by atoms with Crippen LogP contribution >= 0.6 is 0 Å². The third-order valence-corrected chi connectivity index (χ3v) is 2.61. The Hall–Kier alpha value is -1.96. The second kappa shape index (κ2) is 5.58. The van der Waals surface area contributed by atoms with Crippen LogP contribution in [0.1, 0.15) is 0 Å². The zero-order chi connectivity index (χ0) is 14.8. The minimum atomic E-state index is -4.94. The van der Waals surface area contributed by atoms with Gasteiger partial charge in [-0.1, -0.05) is 6.07 Å². The second-order valence-corrected chi connectivity index (χ2v) is 4.72. The predicted octanol–water partition coefficient (Wildman–Crippen LogP) is -2.47. The Morgan fingerprint density at radius 1 is 0.950 bits per heavy atom. The lowest BCUT2D eigenvalue weighted by Crippen LogP contribution is -2.68. The van der Waals surface area contributed by atoms with Gasteiger partial charge in [0.1, 0.15) is 5.75 Å². The van der Waals surface area contributed by atoms with E-state index in [1.54, 1.807) is 6.07 Å². The SMILES string of the molecule is Oc1cccc2c[n+]3ccccc3cc12.[O-][Cl+3]([O-])([O-])[O-]. The molecule has 1 N–H and O–H groups in total. The largest absolute Gasteiger partial charge is 0.507 e. The Kier molecular flexibility index (Phi) is 4.03. The minimum Gasteiger partial charge on any atom is -0.507 e. The standard InChI is InChI=1S/C13H9NO.ClHO4/c15-13-6-3-4-10-9-14-7-2-1-5-11(14)8-12(10)13;2-1(3,4)5/h1-9H;(H,2,3,4,5). The summed E-state index contributed by atoms with van der Waals surface area (Å²) in [7, 11) is -4.94. The first-order chi connectivity index (χ1) is 9.34. The number of hydrogen-bond donors (Lipinski definition) is 1. The molecule has 0 aliphatic carbocycles. The van der Waals surface area contributed by atoms with Crippen molar-refractivity contribution >= 4 is 16.3 Å². The minimum absolute atomic E-state index is 0.332. The molecule has 0 saturated heterocycles. The molecule has 2 heterocycles. The molecule has 20 heavy (non-hydrogen) atoms. The fourth-order valence-corrected chi connectivity index (χ4v) is 1.85. The Morgan fingerprint density at radius 2 is 1.65 bits per heavy atom. The summed E-state index contributed by atoms with van der Waals surface area (Å²) in [5.74, 6) is 0.332. The molecule has 7 heteroatoms. The number of benzene rings is 1. The molecule has 3 rings (SSSR count). The Labute approximate surface area is 116 Å². The molecule has 0 atom stereocenters. The average molecular weight is 296 g/mol. The number of pyridine rings is 2. The molecule has 104 valence electrons. The first-order valence-electron chi connectivity index (χ1n) is 5.48. The molecule has 0 aliphatic rings. The van der Waals surface area contributed by atoms with Crippen LogP contribution in [-0.4, -0.2) is 5.11 Å². The topological polar surface area (TPSA) is 117 Å². The van der Waals surface area contributed by atoms with E-state index < -0.39 is 10.2 Å². The predicted molar refractivity (Wildman–Crippen MR) is 58.8 cm³/mol. The van der Waals surface area contributed by atoms with Gasteiger partial charge in [-0.15, -0.1) is 10.2 Å². The fraction of sp³-hybridized carbons (Fsp3) is 0. The number of aromatic hydroxyl groups is 1. The average Bonchev–Trinajstić information content (AvgIpc) is 2.35. The van der Waals surface area contributed by atoms with Crippen LogP contribution in [0.5, 0.6) is 5.75 Å². The maximum atomic E-state index is 9.72. The van der Waals surface area contributed by atoms with Crippen LogP contribution in [0.25, 0.3) is 16.3 Å². The van der Waals surface area contributed by atoms with Gasteiger partial charge in [-0.2, -0.15) is 4.40 Å². The van der Waals surface area contributed by atoms with Gasteiger partial charge in [0.05, 0.1) is 0 Å². The van der Waals surface area contributed by atoms with Crippen molar-refractivity contribution < 1.29 is 38.4 Å². The normalized spacial score (nSPS) is 11.2. The van der Waals surface area contributed by atoms with Crippen LogP contribution in [0.15, 0.2) is 54.9 Å². The molecule has 0 unspecified atom stereocenters. The first-order valence-corrected chi connectivity index (χ1v) is 6.71. The van der Waals surface area contributed by atoms with E-state index in [1.165, 1.54) is 0 Å². The molecular weight excluding hydrogens is 286 g/mol. The van der Waals surface area contributed by atoms with Crippen molar-refractivity contribution in [1.29, 1.82) is 0 Å². The molecular formula is C13H10ClNO5. The lowest BCUT2D eigenvalue weighted by Gasteiger charge is -2.17. The van der Waals surface area contributed by atoms with Gasteiger partial charge in [-0.05, 0) is 18.2 Å². The monoisotopic (exact) mass is 295 g/mol. The van der Waals surface area contributed by atoms with Crippen LogP contribution in [-0.2, 0) is 0 Å². The van der Waals surface area contributed by atoms with Crippen LogP contribution in [0.2, 0.25) is 0 Å². The van der Waals surface area contributed by atoms with Gasteiger partial charge in [-0.25, -0.2) is 18.6 Å². The number of aromatic nitrogens is 1. The summed E-state index contributed by atoms with van der Waals surface area (Å²) < 4.78 is 36.0. The summed E-state index contributed by atoms with van der Waals surface area (Å²) in [5.41, 5.74) is 1.08. The smallest absolute Gasteiger partial charge is 0.211 e. The van der Waals surface area contributed by atoms with Gasteiger partial charge in [0.25, 0.3) is 0 Å². The van der Waals surface area contributed by atoms with Crippen molar-refractivity contribution in [3.63, 3.8) is 0 Å². The van der Waals surface area contributed by atoms with Crippen LogP contribution < -0.4 is 23.0 Å². The molecule has 0 aliphatic heterocycles. The lowest BCUT2D eigenvalue weighted by molar-refractivity contribution is -2.00. The Morgan fingerprint density at radius 3 is 2.35 bits per heavy atom. The summed E-state index contributed by atoms with van der Waals surface area (Å²) in [6.45, 7) is 0. The molecule has 3 aromatic rings. The third-order valence-electron chi connectivity index (χ3n) is 2.61. The van der Waals surface area contributed by atoms with Gasteiger partial charge in [0.15, 0.2) is 12.4 Å². The zero-order valence-corrected chi connectivity index (χ0v) is 10.9. The van der Waals surface area contributed by atoms with Gasteiger partial charge < -0.3 is 5.11 Å². The van der Waals surface area contributed by atoms with Crippen molar-refractivity contribution in [3.05, 3.63) is 54.9 Å². The van der Waals surface area contributed by atoms with E-state index in [4.69, 9.17) is 18.6 Å². The number of halogens is 1. The van der Waals surface area contributed by atoms with E-state index in [0.717, 1.165) is 16.3 Å². The fourth-order valence-electron chi connectivity index (χ4n) is 1.85. The zero-order valence-electron chi connectivity index (χ0n) is 10.1. The van der Waals surface area contributed by atoms with Gasteiger partial charge in [0, 0.05) is 29.0 Å². The molecule has 0 radical (unpaired) electrons. The summed E-state index contributed by atoms with van der Waals surface area (Å²) >= 11 is 0. The van der Waals surface area contributed by atoms with Gasteiger partial charge >= 0.3 is 0 Å². The van der Waals surface area contributed by atoms with Crippen LogP contribution in [0.3, 0.4) is 0 Å². The van der Waals surface area contributed by atoms with Crippen molar-refractivity contribution in [1.82, 2.24) is 0 Å². The summed E-state index contributed by atoms with van der Waals surface area (Å²) in [6.07, 6.45) is 4.02. The molecule has 0 bridgehead atoms. The molecule has 0 amide bonds. The highest BCUT2D eigenvalue weighted by atomic mass is 35.7. The number of phenols is 1.